The summed E-state index contributed by atoms with van der Waals surface area (Å²) >= 11 is 0. The summed E-state index contributed by atoms with van der Waals surface area (Å²) in [4.78, 5) is 18.1. The van der Waals surface area contributed by atoms with Gasteiger partial charge < -0.3 is 30.2 Å². The van der Waals surface area contributed by atoms with Gasteiger partial charge in [0.15, 0.2) is 12.6 Å². The van der Waals surface area contributed by atoms with Crippen LogP contribution in [0.5, 0.6) is 17.2 Å². The summed E-state index contributed by atoms with van der Waals surface area (Å²) in [6, 6.07) is 13.6. The van der Waals surface area contributed by atoms with Gasteiger partial charge in [0.25, 0.3) is 5.91 Å². The van der Waals surface area contributed by atoms with Crippen LogP contribution < -0.4 is 25.3 Å². The second-order valence-corrected chi connectivity index (χ2v) is 7.65. The normalized spacial score (nSPS) is 16.0. The number of ether oxygens (including phenoxy) is 3. The van der Waals surface area contributed by atoms with Gasteiger partial charge >= 0.3 is 0 Å². The maximum atomic E-state index is 10.9. The molecule has 3 rings (SSSR count). The first kappa shape index (κ1) is 23.2. The number of benzene rings is 2. The van der Waals surface area contributed by atoms with Crippen molar-refractivity contribution in [1.29, 1.82) is 0 Å². The first-order valence-electron chi connectivity index (χ1n) is 10.8. The number of rotatable bonds is 9. The minimum atomic E-state index is -0.500. The van der Waals surface area contributed by atoms with Crippen molar-refractivity contribution in [3.8, 4) is 17.2 Å². The van der Waals surface area contributed by atoms with E-state index in [1.165, 1.54) is 5.56 Å². The number of aliphatic imine (C=N–C) groups is 1. The number of guanidine groups is 1. The van der Waals surface area contributed by atoms with E-state index in [9.17, 15) is 4.79 Å². The number of nitrogens with zero attached hydrogens (tertiary/aromatic N) is 2. The Labute approximate surface area is 189 Å². The molecule has 1 amide bonds. The van der Waals surface area contributed by atoms with Crippen LogP contribution in [0.25, 0.3) is 0 Å². The minimum Gasteiger partial charge on any atom is -0.497 e. The fourth-order valence-electron chi connectivity index (χ4n) is 3.77. The highest BCUT2D eigenvalue weighted by molar-refractivity contribution is 5.80. The van der Waals surface area contributed by atoms with Gasteiger partial charge in [-0.1, -0.05) is 12.1 Å². The predicted octanol–water partition coefficient (Wildman–Crippen LogP) is 2.52. The maximum Gasteiger partial charge on any atom is 0.255 e. The molecule has 1 heterocycles. The second-order valence-electron chi connectivity index (χ2n) is 7.65. The van der Waals surface area contributed by atoms with Crippen molar-refractivity contribution in [2.45, 2.75) is 25.8 Å². The SMILES string of the molecule is CCNC(=NCc1cccc(OCC(N)=O)c1)N1CCC(c2cc(OC)cc(OC)c2)C1. The highest BCUT2D eigenvalue weighted by atomic mass is 16.5. The van der Waals surface area contributed by atoms with Crippen LogP contribution in [0, 0.1) is 0 Å². The molecule has 0 radical (unpaired) electrons. The molecule has 0 aliphatic carbocycles. The van der Waals surface area contributed by atoms with E-state index in [4.69, 9.17) is 24.9 Å². The van der Waals surface area contributed by atoms with E-state index in [0.29, 0.717) is 18.2 Å². The molecule has 3 N–H and O–H groups in total. The van der Waals surface area contributed by atoms with Crippen molar-refractivity contribution in [3.05, 3.63) is 53.6 Å². The van der Waals surface area contributed by atoms with Crippen molar-refractivity contribution in [2.75, 3.05) is 40.5 Å². The smallest absolute Gasteiger partial charge is 0.255 e. The van der Waals surface area contributed by atoms with E-state index in [0.717, 1.165) is 49.1 Å². The van der Waals surface area contributed by atoms with Crippen LogP contribution >= 0.6 is 0 Å². The molecule has 0 saturated carbocycles. The Kier molecular flexibility index (Phi) is 8.19. The van der Waals surface area contributed by atoms with Crippen LogP contribution in [-0.4, -0.2) is 57.2 Å². The Morgan fingerprint density at radius 2 is 1.91 bits per heavy atom. The van der Waals surface area contributed by atoms with Crippen molar-refractivity contribution >= 4 is 11.9 Å². The van der Waals surface area contributed by atoms with Crippen molar-refractivity contribution in [3.63, 3.8) is 0 Å². The van der Waals surface area contributed by atoms with Crippen molar-refractivity contribution < 1.29 is 19.0 Å². The van der Waals surface area contributed by atoms with Gasteiger partial charge in [-0.2, -0.15) is 0 Å². The molecule has 1 atom stereocenters. The fraction of sp³-hybridized carbons (Fsp3) is 0.417. The van der Waals surface area contributed by atoms with Gasteiger partial charge in [-0.3, -0.25) is 4.79 Å². The molecule has 0 bridgehead atoms. The third kappa shape index (κ3) is 6.29. The maximum absolute atomic E-state index is 10.9. The number of hydrogen-bond acceptors (Lipinski definition) is 5. The number of primary amides is 1. The van der Waals surface area contributed by atoms with Crippen LogP contribution in [0.3, 0.4) is 0 Å². The molecule has 2 aromatic carbocycles. The van der Waals surface area contributed by atoms with Crippen LogP contribution in [0.1, 0.15) is 30.4 Å². The van der Waals surface area contributed by atoms with Crippen molar-refractivity contribution in [2.24, 2.45) is 10.7 Å². The lowest BCUT2D eigenvalue weighted by molar-refractivity contribution is -0.119. The Hall–Kier alpha value is -3.42. The summed E-state index contributed by atoms with van der Waals surface area (Å²) in [6.45, 7) is 4.99. The van der Waals surface area contributed by atoms with E-state index in [2.05, 4.69) is 29.3 Å². The zero-order valence-corrected chi connectivity index (χ0v) is 19.0. The van der Waals surface area contributed by atoms with Crippen LogP contribution in [-0.2, 0) is 11.3 Å². The molecule has 1 aliphatic heterocycles. The zero-order chi connectivity index (χ0) is 22.9. The topological polar surface area (TPSA) is 98.4 Å². The summed E-state index contributed by atoms with van der Waals surface area (Å²) in [7, 11) is 3.34. The second kappa shape index (κ2) is 11.3. The average molecular weight is 441 g/mol. The molecule has 1 unspecified atom stereocenters. The molecule has 32 heavy (non-hydrogen) atoms. The molecule has 8 nitrogen and oxygen atoms in total. The largest absolute Gasteiger partial charge is 0.497 e. The number of likely N-dealkylation sites (tertiary alicyclic amines) is 1. The quantitative estimate of drug-likeness (QED) is 0.459. The summed E-state index contributed by atoms with van der Waals surface area (Å²) in [6.07, 6.45) is 1.02. The number of carbonyl (C=O) groups is 1. The van der Waals surface area contributed by atoms with Crippen LogP contribution in [0.15, 0.2) is 47.5 Å². The lowest BCUT2D eigenvalue weighted by atomic mass is 9.98. The zero-order valence-electron chi connectivity index (χ0n) is 19.0. The Bertz CT molecular complexity index is 925. The number of methoxy groups -OCH3 is 2. The lowest BCUT2D eigenvalue weighted by Crippen LogP contribution is -2.40. The van der Waals surface area contributed by atoms with E-state index in [1.54, 1.807) is 20.3 Å². The van der Waals surface area contributed by atoms with E-state index < -0.39 is 5.91 Å². The molecule has 8 heteroatoms. The van der Waals surface area contributed by atoms with Gasteiger partial charge in [0, 0.05) is 31.6 Å². The monoisotopic (exact) mass is 440 g/mol. The summed E-state index contributed by atoms with van der Waals surface area (Å²) in [5.74, 6) is 2.96. The molecular formula is C24H32N4O4. The molecule has 1 fully saturated rings. The third-order valence-electron chi connectivity index (χ3n) is 5.36. The van der Waals surface area contributed by atoms with Gasteiger partial charge in [0.1, 0.15) is 17.2 Å². The van der Waals surface area contributed by atoms with Gasteiger partial charge in [-0.05, 0) is 48.7 Å². The standard InChI is InChI=1S/C24H32N4O4/c1-4-26-24(27-14-17-6-5-7-20(10-17)32-16-23(25)29)28-9-8-18(15-28)19-11-21(30-2)13-22(12-19)31-3/h5-7,10-13,18H,4,8-9,14-16H2,1-3H3,(H2,25,29)(H,26,27). The summed E-state index contributed by atoms with van der Waals surface area (Å²) < 4.78 is 16.3. The number of amides is 1. The van der Waals surface area contributed by atoms with Gasteiger partial charge in [-0.15, -0.1) is 0 Å². The number of nitrogens with two attached hydrogens (primary N) is 1. The minimum absolute atomic E-state index is 0.139. The number of carbonyl (C=O) groups excluding carboxylic acids is 1. The fourth-order valence-corrected chi connectivity index (χ4v) is 3.77. The molecule has 172 valence electrons. The lowest BCUT2D eigenvalue weighted by Gasteiger charge is -2.22. The van der Waals surface area contributed by atoms with Crippen LogP contribution in [0.4, 0.5) is 0 Å². The summed E-state index contributed by atoms with van der Waals surface area (Å²) in [5.41, 5.74) is 7.36. The average Bonchev–Trinajstić information content (AvgIpc) is 3.30. The molecule has 0 spiro atoms. The highest BCUT2D eigenvalue weighted by Gasteiger charge is 2.27. The number of nitrogens with one attached hydrogen (secondary N) is 1. The van der Waals surface area contributed by atoms with Crippen molar-refractivity contribution in [1.82, 2.24) is 10.2 Å². The van der Waals surface area contributed by atoms with Gasteiger partial charge in [-0.25, -0.2) is 4.99 Å². The van der Waals surface area contributed by atoms with Gasteiger partial charge in [0.05, 0.1) is 20.8 Å². The Morgan fingerprint density at radius 3 is 2.56 bits per heavy atom. The predicted molar refractivity (Wildman–Crippen MR) is 124 cm³/mol. The Balaban J connectivity index is 1.69. The summed E-state index contributed by atoms with van der Waals surface area (Å²) in [5, 5.41) is 3.40. The Morgan fingerprint density at radius 1 is 1.16 bits per heavy atom. The number of hydrogen-bond donors (Lipinski definition) is 2. The molecule has 0 aromatic heterocycles. The molecule has 1 saturated heterocycles. The van der Waals surface area contributed by atoms with Gasteiger partial charge in [0.2, 0.25) is 0 Å². The molecule has 1 aliphatic rings. The van der Waals surface area contributed by atoms with E-state index in [1.807, 2.05) is 24.3 Å². The third-order valence-corrected chi connectivity index (χ3v) is 5.36. The molecular weight excluding hydrogens is 408 g/mol. The van der Waals surface area contributed by atoms with E-state index in [-0.39, 0.29) is 6.61 Å². The molecule has 2 aromatic rings. The first-order chi connectivity index (χ1) is 15.5. The highest BCUT2D eigenvalue weighted by Crippen LogP contribution is 2.33. The van der Waals surface area contributed by atoms with E-state index >= 15 is 0 Å². The first-order valence-corrected chi connectivity index (χ1v) is 10.8. The van der Waals surface area contributed by atoms with Crippen LogP contribution in [0.2, 0.25) is 0 Å².